The molecule has 2 N–H and O–H groups in total. The Balaban J connectivity index is 1.78. The number of hydrogen-bond acceptors (Lipinski definition) is 3. The number of para-hydroxylation sites is 1. The minimum absolute atomic E-state index is 0.0902. The fourth-order valence-corrected chi connectivity index (χ4v) is 2.97. The Bertz CT molecular complexity index is 498. The van der Waals surface area contributed by atoms with E-state index < -0.39 is 0 Å². The first-order valence-electron chi connectivity index (χ1n) is 7.52. The third-order valence-electron chi connectivity index (χ3n) is 4.43. The van der Waals surface area contributed by atoms with Gasteiger partial charge in [0.1, 0.15) is 0 Å². The zero-order chi connectivity index (χ0) is 14.1. The van der Waals surface area contributed by atoms with Gasteiger partial charge in [-0.1, -0.05) is 18.2 Å². The number of rotatable bonds is 3. The highest BCUT2D eigenvalue weighted by atomic mass is 16.2. The highest BCUT2D eigenvalue weighted by Gasteiger charge is 2.31. The van der Waals surface area contributed by atoms with Crippen molar-refractivity contribution in [2.75, 3.05) is 25.0 Å². The van der Waals surface area contributed by atoms with E-state index in [1.165, 1.54) is 5.56 Å². The molecule has 0 bridgehead atoms. The first-order chi connectivity index (χ1) is 9.66. The van der Waals surface area contributed by atoms with E-state index in [-0.39, 0.29) is 11.9 Å². The number of anilines is 1. The van der Waals surface area contributed by atoms with E-state index in [0.29, 0.717) is 12.6 Å². The van der Waals surface area contributed by atoms with Crippen molar-refractivity contribution >= 4 is 11.6 Å². The van der Waals surface area contributed by atoms with Crippen molar-refractivity contribution in [3.63, 3.8) is 0 Å². The van der Waals surface area contributed by atoms with Crippen LogP contribution in [-0.4, -0.2) is 37.0 Å². The smallest absolute Gasteiger partial charge is 0.242 e. The summed E-state index contributed by atoms with van der Waals surface area (Å²) >= 11 is 0. The summed E-state index contributed by atoms with van der Waals surface area (Å²) in [5.41, 5.74) is 8.54. The Kier molecular flexibility index (Phi) is 3.66. The maximum atomic E-state index is 12.3. The lowest BCUT2D eigenvalue weighted by Gasteiger charge is -2.27. The average Bonchev–Trinajstić information content (AvgIpc) is 3.29. The van der Waals surface area contributed by atoms with Crippen LogP contribution in [0.15, 0.2) is 24.3 Å². The molecule has 1 saturated carbocycles. The summed E-state index contributed by atoms with van der Waals surface area (Å²) in [5, 5.41) is 0. The van der Waals surface area contributed by atoms with Gasteiger partial charge in [-0.25, -0.2) is 0 Å². The van der Waals surface area contributed by atoms with E-state index in [4.69, 9.17) is 5.73 Å². The number of carbonyl (C=O) groups is 1. The molecular weight excluding hydrogens is 250 g/mol. The number of nitrogens with zero attached hydrogens (tertiary/aromatic N) is 2. The molecule has 1 aliphatic carbocycles. The standard InChI is InChI=1S/C16H23N3O/c1-18(12-8-9-12)16(20)11-19-10-4-6-14(17)13-5-2-3-7-15(13)19/h2-3,5,7,12,14H,4,6,8-11,17H2,1H3. The van der Waals surface area contributed by atoms with Crippen LogP contribution in [-0.2, 0) is 4.79 Å². The van der Waals surface area contributed by atoms with Crippen molar-refractivity contribution in [2.24, 2.45) is 5.73 Å². The quantitative estimate of drug-likeness (QED) is 0.915. The van der Waals surface area contributed by atoms with Gasteiger partial charge in [0.2, 0.25) is 5.91 Å². The van der Waals surface area contributed by atoms with E-state index >= 15 is 0 Å². The van der Waals surface area contributed by atoms with Gasteiger partial charge in [0.15, 0.2) is 0 Å². The maximum absolute atomic E-state index is 12.3. The fourth-order valence-electron chi connectivity index (χ4n) is 2.97. The SMILES string of the molecule is CN(C(=O)CN1CCCC(N)c2ccccc21)C1CC1. The van der Waals surface area contributed by atoms with Gasteiger partial charge in [-0.05, 0) is 37.3 Å². The van der Waals surface area contributed by atoms with Gasteiger partial charge in [0.05, 0.1) is 6.54 Å². The lowest BCUT2D eigenvalue weighted by molar-refractivity contribution is -0.128. The van der Waals surface area contributed by atoms with Crippen LogP contribution < -0.4 is 10.6 Å². The molecule has 0 radical (unpaired) electrons. The molecule has 2 aliphatic rings. The lowest BCUT2D eigenvalue weighted by Crippen LogP contribution is -2.39. The third-order valence-corrected chi connectivity index (χ3v) is 4.43. The lowest BCUT2D eigenvalue weighted by atomic mass is 10.0. The van der Waals surface area contributed by atoms with E-state index in [2.05, 4.69) is 17.0 Å². The molecule has 1 unspecified atom stereocenters. The molecule has 4 nitrogen and oxygen atoms in total. The van der Waals surface area contributed by atoms with Crippen molar-refractivity contribution in [2.45, 2.75) is 37.8 Å². The third kappa shape index (κ3) is 2.66. The van der Waals surface area contributed by atoms with Crippen LogP contribution in [0.1, 0.15) is 37.3 Å². The largest absolute Gasteiger partial charge is 0.362 e. The van der Waals surface area contributed by atoms with Crippen LogP contribution in [0.25, 0.3) is 0 Å². The topological polar surface area (TPSA) is 49.6 Å². The van der Waals surface area contributed by atoms with Gasteiger partial charge in [0.25, 0.3) is 0 Å². The van der Waals surface area contributed by atoms with E-state index in [9.17, 15) is 4.79 Å². The Morgan fingerprint density at radius 3 is 2.85 bits per heavy atom. The summed E-state index contributed by atoms with van der Waals surface area (Å²) < 4.78 is 0. The summed E-state index contributed by atoms with van der Waals surface area (Å²) in [6.45, 7) is 1.38. The van der Waals surface area contributed by atoms with E-state index in [0.717, 1.165) is 37.9 Å². The molecule has 3 rings (SSSR count). The molecule has 1 aliphatic heterocycles. The molecule has 0 aromatic heterocycles. The average molecular weight is 273 g/mol. The summed E-state index contributed by atoms with van der Waals surface area (Å²) in [7, 11) is 1.93. The van der Waals surface area contributed by atoms with Crippen LogP contribution in [0.5, 0.6) is 0 Å². The summed E-state index contributed by atoms with van der Waals surface area (Å²) in [4.78, 5) is 16.5. The highest BCUT2D eigenvalue weighted by Crippen LogP contribution is 2.31. The molecule has 1 heterocycles. The molecule has 1 aromatic carbocycles. The number of likely N-dealkylation sites (N-methyl/N-ethyl adjacent to an activating group) is 1. The maximum Gasteiger partial charge on any atom is 0.242 e. The minimum atomic E-state index is 0.0902. The molecular formula is C16H23N3O. The zero-order valence-corrected chi connectivity index (χ0v) is 12.1. The molecule has 20 heavy (non-hydrogen) atoms. The summed E-state index contributed by atoms with van der Waals surface area (Å²) in [6, 6.07) is 8.80. The molecule has 1 amide bonds. The Labute approximate surface area is 120 Å². The Morgan fingerprint density at radius 1 is 1.35 bits per heavy atom. The molecule has 0 saturated heterocycles. The van der Waals surface area contributed by atoms with Crippen LogP contribution >= 0.6 is 0 Å². The second-order valence-electron chi connectivity index (χ2n) is 5.96. The fraction of sp³-hybridized carbons (Fsp3) is 0.562. The first-order valence-corrected chi connectivity index (χ1v) is 7.52. The van der Waals surface area contributed by atoms with Crippen molar-refractivity contribution in [3.05, 3.63) is 29.8 Å². The molecule has 1 aromatic rings. The number of fused-ring (bicyclic) bond motifs is 1. The molecule has 1 atom stereocenters. The normalized spacial score (nSPS) is 22.1. The highest BCUT2D eigenvalue weighted by molar-refractivity contribution is 5.82. The molecule has 108 valence electrons. The predicted octanol–water partition coefficient (Wildman–Crippen LogP) is 1.91. The van der Waals surface area contributed by atoms with Crippen molar-refractivity contribution in [1.29, 1.82) is 0 Å². The van der Waals surface area contributed by atoms with Crippen LogP contribution in [0, 0.1) is 0 Å². The Hall–Kier alpha value is -1.55. The van der Waals surface area contributed by atoms with Gasteiger partial charge in [-0.15, -0.1) is 0 Å². The van der Waals surface area contributed by atoms with E-state index in [1.54, 1.807) is 0 Å². The predicted molar refractivity (Wildman–Crippen MR) is 80.6 cm³/mol. The van der Waals surface area contributed by atoms with Crippen molar-refractivity contribution < 1.29 is 4.79 Å². The van der Waals surface area contributed by atoms with E-state index in [1.807, 2.05) is 24.1 Å². The molecule has 4 heteroatoms. The number of hydrogen-bond donors (Lipinski definition) is 1. The number of amides is 1. The number of nitrogens with two attached hydrogens (primary N) is 1. The van der Waals surface area contributed by atoms with Crippen LogP contribution in [0.3, 0.4) is 0 Å². The monoisotopic (exact) mass is 273 g/mol. The Morgan fingerprint density at radius 2 is 2.10 bits per heavy atom. The number of benzene rings is 1. The second-order valence-corrected chi connectivity index (χ2v) is 5.96. The minimum Gasteiger partial charge on any atom is -0.362 e. The molecule has 0 spiro atoms. The van der Waals surface area contributed by atoms with Crippen LogP contribution in [0.2, 0.25) is 0 Å². The van der Waals surface area contributed by atoms with Gasteiger partial charge < -0.3 is 15.5 Å². The van der Waals surface area contributed by atoms with Crippen LogP contribution in [0.4, 0.5) is 5.69 Å². The van der Waals surface area contributed by atoms with Gasteiger partial charge in [-0.2, -0.15) is 0 Å². The first kappa shape index (κ1) is 13.4. The van der Waals surface area contributed by atoms with Gasteiger partial charge >= 0.3 is 0 Å². The van der Waals surface area contributed by atoms with Gasteiger partial charge in [0, 0.05) is 31.4 Å². The number of carbonyl (C=O) groups excluding carboxylic acids is 1. The van der Waals surface area contributed by atoms with Gasteiger partial charge in [-0.3, -0.25) is 4.79 Å². The summed E-state index contributed by atoms with van der Waals surface area (Å²) in [6.07, 6.45) is 4.34. The van der Waals surface area contributed by atoms with Crippen molar-refractivity contribution in [3.8, 4) is 0 Å². The zero-order valence-electron chi connectivity index (χ0n) is 12.1. The second kappa shape index (κ2) is 5.44. The summed E-state index contributed by atoms with van der Waals surface area (Å²) in [5.74, 6) is 0.220. The molecule has 1 fully saturated rings. The van der Waals surface area contributed by atoms with Crippen molar-refractivity contribution in [1.82, 2.24) is 4.90 Å².